The third-order valence-corrected chi connectivity index (χ3v) is 17.6. The summed E-state index contributed by atoms with van der Waals surface area (Å²) in [5.74, 6) is 4.89. The molecule has 0 N–H and O–H groups in total. The van der Waals surface area contributed by atoms with E-state index in [4.69, 9.17) is 37.9 Å². The highest BCUT2D eigenvalue weighted by atomic mass is 16.6. The number of allylic oxidation sites excluding steroid dienone is 4. The maximum absolute atomic E-state index is 6.56. The van der Waals surface area contributed by atoms with Crippen molar-refractivity contribution in [3.8, 4) is 23.0 Å². The van der Waals surface area contributed by atoms with Crippen molar-refractivity contribution in [1.29, 1.82) is 0 Å². The first-order valence-corrected chi connectivity index (χ1v) is 28.2. The predicted octanol–water partition coefficient (Wildman–Crippen LogP) is 14.0. The summed E-state index contributed by atoms with van der Waals surface area (Å²) in [6, 6.07) is 28.1. The van der Waals surface area contributed by atoms with Crippen molar-refractivity contribution in [2.75, 3.05) is 52.9 Å². The van der Waals surface area contributed by atoms with Crippen molar-refractivity contribution in [2.45, 2.75) is 154 Å². The van der Waals surface area contributed by atoms with Crippen LogP contribution in [0.15, 0.2) is 121 Å². The second kappa shape index (κ2) is 22.5. The van der Waals surface area contributed by atoms with Crippen LogP contribution in [0.25, 0.3) is 0 Å². The van der Waals surface area contributed by atoms with Crippen LogP contribution in [0, 0.1) is 17.3 Å². The van der Waals surface area contributed by atoms with Crippen molar-refractivity contribution in [3.63, 3.8) is 0 Å². The molecule has 3 unspecified atom stereocenters. The van der Waals surface area contributed by atoms with Crippen molar-refractivity contribution in [3.05, 3.63) is 166 Å². The normalized spacial score (nSPS) is 26.1. The van der Waals surface area contributed by atoms with Gasteiger partial charge in [-0.05, 0) is 191 Å². The molecule has 2 aliphatic carbocycles. The van der Waals surface area contributed by atoms with E-state index >= 15 is 0 Å². The van der Waals surface area contributed by atoms with E-state index in [1.807, 2.05) is 0 Å². The molecule has 4 heterocycles. The SMILES string of the molecule is C=C(C)Cc1cc(C2(c3ccc(OCC4CO4)c(CC(=C)C)c3)CCC(C(C)(C)C3CCC(c4ccc(OCC5CO5)c(CC(=C)C)c4)(c4ccc(OC5COC5)c(CC(=C)C)c4)CC3)CC2)ccc1OCC1CO1. The van der Waals surface area contributed by atoms with E-state index in [0.29, 0.717) is 44.9 Å². The van der Waals surface area contributed by atoms with E-state index in [9.17, 15) is 0 Å². The van der Waals surface area contributed by atoms with Crippen LogP contribution in [0.4, 0.5) is 0 Å². The fourth-order valence-electron chi connectivity index (χ4n) is 12.9. The zero-order valence-electron chi connectivity index (χ0n) is 46.1. The van der Waals surface area contributed by atoms with Gasteiger partial charge >= 0.3 is 0 Å². The molecule has 4 aromatic carbocycles. The largest absolute Gasteiger partial charge is 0.490 e. The van der Waals surface area contributed by atoms with Gasteiger partial charge in [-0.25, -0.2) is 0 Å². The molecule has 0 radical (unpaired) electrons. The van der Waals surface area contributed by atoms with Gasteiger partial charge < -0.3 is 37.9 Å². The van der Waals surface area contributed by atoms with Gasteiger partial charge in [-0.1, -0.05) is 111 Å². The van der Waals surface area contributed by atoms with Crippen molar-refractivity contribution in [2.24, 2.45) is 17.3 Å². The van der Waals surface area contributed by atoms with Gasteiger partial charge in [0.15, 0.2) is 0 Å². The Kier molecular flexibility index (Phi) is 16.0. The molecule has 0 aromatic heterocycles. The first-order chi connectivity index (χ1) is 36.1. The van der Waals surface area contributed by atoms with Gasteiger partial charge in [-0.3, -0.25) is 0 Å². The fourth-order valence-corrected chi connectivity index (χ4v) is 12.9. The summed E-state index contributed by atoms with van der Waals surface area (Å²) in [4.78, 5) is 0. The molecule has 8 heteroatoms. The van der Waals surface area contributed by atoms with Gasteiger partial charge in [0.05, 0.1) is 33.0 Å². The summed E-state index contributed by atoms with van der Waals surface area (Å²) in [5, 5.41) is 0. The smallest absolute Gasteiger partial charge is 0.145 e. The Morgan fingerprint density at radius 2 is 0.760 bits per heavy atom. The molecule has 4 saturated heterocycles. The molecule has 6 aliphatic rings. The maximum atomic E-state index is 6.56. The van der Waals surface area contributed by atoms with Crippen LogP contribution < -0.4 is 18.9 Å². The number of ether oxygens (including phenoxy) is 8. The third kappa shape index (κ3) is 12.5. The van der Waals surface area contributed by atoms with Crippen molar-refractivity contribution in [1.82, 2.24) is 0 Å². The molecule has 0 spiro atoms. The van der Waals surface area contributed by atoms with Gasteiger partial charge in [0, 0.05) is 10.8 Å². The lowest BCUT2D eigenvalue weighted by Crippen LogP contribution is -2.43. The average Bonchev–Trinajstić information content (AvgIpc) is 4.22. The fraction of sp³-hybridized carbons (Fsp3) is 0.522. The van der Waals surface area contributed by atoms with Gasteiger partial charge in [-0.2, -0.15) is 0 Å². The number of benzene rings is 4. The quantitative estimate of drug-likeness (QED) is 0.0480. The number of epoxide rings is 3. The van der Waals surface area contributed by atoms with Crippen LogP contribution in [-0.2, 0) is 55.5 Å². The zero-order chi connectivity index (χ0) is 52.5. The second-order valence-electron chi connectivity index (χ2n) is 24.4. The zero-order valence-corrected chi connectivity index (χ0v) is 46.1. The van der Waals surface area contributed by atoms with E-state index in [-0.39, 0.29) is 40.7 Å². The van der Waals surface area contributed by atoms with E-state index in [0.717, 1.165) is 142 Å². The lowest BCUT2D eigenvalue weighted by atomic mass is 9.53. The summed E-state index contributed by atoms with van der Waals surface area (Å²) in [6.07, 6.45) is 12.5. The highest BCUT2D eigenvalue weighted by Crippen LogP contribution is 2.58. The molecular formula is C67H84O8. The van der Waals surface area contributed by atoms with E-state index < -0.39 is 0 Å². The van der Waals surface area contributed by atoms with Crippen LogP contribution in [0.5, 0.6) is 23.0 Å². The highest BCUT2D eigenvalue weighted by Gasteiger charge is 2.49. The van der Waals surface area contributed by atoms with Crippen LogP contribution in [-0.4, -0.2) is 77.3 Å². The summed E-state index contributed by atoms with van der Waals surface area (Å²) in [7, 11) is 0. The molecule has 2 saturated carbocycles. The summed E-state index contributed by atoms with van der Waals surface area (Å²) < 4.78 is 48.0. The van der Waals surface area contributed by atoms with Crippen molar-refractivity contribution >= 4 is 0 Å². The number of hydrogen-bond donors (Lipinski definition) is 0. The average molecular weight is 1020 g/mol. The minimum atomic E-state index is -0.190. The minimum Gasteiger partial charge on any atom is -0.490 e. The highest BCUT2D eigenvalue weighted by molar-refractivity contribution is 5.52. The van der Waals surface area contributed by atoms with Gasteiger partial charge in [0.2, 0.25) is 0 Å². The van der Waals surface area contributed by atoms with Crippen LogP contribution >= 0.6 is 0 Å². The molecule has 0 bridgehead atoms. The topological polar surface area (TPSA) is 83.7 Å². The lowest BCUT2D eigenvalue weighted by Gasteiger charge is -2.52. The third-order valence-electron chi connectivity index (χ3n) is 17.6. The maximum Gasteiger partial charge on any atom is 0.145 e. The van der Waals surface area contributed by atoms with Gasteiger partial charge in [0.25, 0.3) is 0 Å². The Labute approximate surface area is 448 Å². The van der Waals surface area contributed by atoms with E-state index in [2.05, 4.69) is 141 Å². The van der Waals surface area contributed by atoms with E-state index in [1.165, 1.54) is 44.5 Å². The molecule has 6 fully saturated rings. The molecular weight excluding hydrogens is 933 g/mol. The Bertz CT molecular complexity index is 2650. The number of rotatable bonds is 25. The second-order valence-corrected chi connectivity index (χ2v) is 24.4. The number of hydrogen-bond acceptors (Lipinski definition) is 8. The molecule has 4 aliphatic heterocycles. The molecule has 10 rings (SSSR count). The Hall–Kier alpha value is -5.12. The van der Waals surface area contributed by atoms with Crippen LogP contribution in [0.3, 0.4) is 0 Å². The molecule has 3 atom stereocenters. The molecule has 4 aromatic rings. The summed E-state index contributed by atoms with van der Waals surface area (Å²) in [6.45, 7) is 36.4. The van der Waals surface area contributed by atoms with Crippen molar-refractivity contribution < 1.29 is 37.9 Å². The van der Waals surface area contributed by atoms with Gasteiger partial charge in [-0.15, -0.1) is 0 Å². The monoisotopic (exact) mass is 1020 g/mol. The first-order valence-electron chi connectivity index (χ1n) is 28.2. The summed E-state index contributed by atoms with van der Waals surface area (Å²) in [5.41, 5.74) is 14.5. The molecule has 8 nitrogen and oxygen atoms in total. The molecule has 400 valence electrons. The Balaban J connectivity index is 0.954. The molecule has 75 heavy (non-hydrogen) atoms. The summed E-state index contributed by atoms with van der Waals surface area (Å²) >= 11 is 0. The predicted molar refractivity (Wildman–Crippen MR) is 300 cm³/mol. The first kappa shape index (κ1) is 53.3. The standard InChI is InChI=1S/C67H84O8/c1-43(2)27-47-31-53(11-15-61(47)72-40-57-37-69-57)66(54-12-16-62(73-41-58-38-70-58)48(32-54)28-44(3)4)23-19-51(20-24-66)65(9,10)52-21-25-67(26-22-52,55-13-17-63(74-42-59-39-71-59)49(33-55)29-45(5)6)56-14-18-64(75-60-35-68-36-60)50(34-56)30-46(7)8/h11-18,31-34,51-52,57-60H,1,3,5,7,19-30,35-42H2,2,4,6,8-10H3. The Morgan fingerprint density at radius 1 is 0.467 bits per heavy atom. The van der Waals surface area contributed by atoms with Crippen LogP contribution in [0.1, 0.15) is 137 Å². The lowest BCUT2D eigenvalue weighted by molar-refractivity contribution is -0.0799. The molecule has 0 amide bonds. The van der Waals surface area contributed by atoms with Gasteiger partial charge in [0.1, 0.15) is 67.2 Å². The van der Waals surface area contributed by atoms with E-state index in [1.54, 1.807) is 0 Å². The Morgan fingerprint density at radius 3 is 1.03 bits per heavy atom. The van der Waals surface area contributed by atoms with Crippen LogP contribution in [0.2, 0.25) is 0 Å². The minimum absolute atomic E-state index is 0.0907.